The van der Waals surface area contributed by atoms with Crippen molar-refractivity contribution in [3.8, 4) is 0 Å². The van der Waals surface area contributed by atoms with Gasteiger partial charge in [-0.05, 0) is 13.8 Å². The SMILES string of the molecule is C=C1NC(C)(C)[C@@H]1C. The summed E-state index contributed by atoms with van der Waals surface area (Å²) in [6.45, 7) is 10.4. The van der Waals surface area contributed by atoms with Gasteiger partial charge in [-0.1, -0.05) is 13.5 Å². The van der Waals surface area contributed by atoms with Crippen molar-refractivity contribution >= 4 is 0 Å². The van der Waals surface area contributed by atoms with Crippen LogP contribution in [0.2, 0.25) is 0 Å². The van der Waals surface area contributed by atoms with Crippen LogP contribution in [0, 0.1) is 5.92 Å². The highest BCUT2D eigenvalue weighted by molar-refractivity contribution is 5.18. The second-order valence-corrected chi connectivity index (χ2v) is 3.09. The van der Waals surface area contributed by atoms with Crippen molar-refractivity contribution in [2.45, 2.75) is 26.3 Å². The summed E-state index contributed by atoms with van der Waals surface area (Å²) < 4.78 is 0. The fraction of sp³-hybridized carbons (Fsp3) is 0.714. The molecule has 1 atom stereocenters. The summed E-state index contributed by atoms with van der Waals surface area (Å²) in [5.41, 5.74) is 1.48. The molecule has 1 rings (SSSR count). The van der Waals surface area contributed by atoms with Gasteiger partial charge in [-0.2, -0.15) is 0 Å². The molecule has 0 aliphatic carbocycles. The monoisotopic (exact) mass is 111 g/mol. The summed E-state index contributed by atoms with van der Waals surface area (Å²) in [4.78, 5) is 0. The van der Waals surface area contributed by atoms with Gasteiger partial charge in [0.2, 0.25) is 0 Å². The van der Waals surface area contributed by atoms with E-state index in [4.69, 9.17) is 0 Å². The molecule has 1 nitrogen and oxygen atoms in total. The largest absolute Gasteiger partial charge is 0.383 e. The molecule has 0 spiro atoms. The third-order valence-corrected chi connectivity index (χ3v) is 2.09. The van der Waals surface area contributed by atoms with Crippen LogP contribution in [0.15, 0.2) is 12.3 Å². The van der Waals surface area contributed by atoms with Crippen molar-refractivity contribution in [3.05, 3.63) is 12.3 Å². The maximum atomic E-state index is 3.83. The van der Waals surface area contributed by atoms with Crippen LogP contribution in [0.25, 0.3) is 0 Å². The summed E-state index contributed by atoms with van der Waals surface area (Å²) in [5.74, 6) is 0.641. The number of nitrogens with one attached hydrogen (secondary N) is 1. The Morgan fingerprint density at radius 2 is 2.12 bits per heavy atom. The zero-order valence-corrected chi connectivity index (χ0v) is 5.78. The van der Waals surface area contributed by atoms with Gasteiger partial charge in [-0.25, -0.2) is 0 Å². The Morgan fingerprint density at radius 1 is 1.62 bits per heavy atom. The van der Waals surface area contributed by atoms with Crippen LogP contribution in [0.3, 0.4) is 0 Å². The minimum atomic E-state index is 0.303. The molecule has 0 radical (unpaired) electrons. The fourth-order valence-electron chi connectivity index (χ4n) is 0.988. The van der Waals surface area contributed by atoms with E-state index in [9.17, 15) is 0 Å². The van der Waals surface area contributed by atoms with Gasteiger partial charge < -0.3 is 5.32 Å². The van der Waals surface area contributed by atoms with E-state index in [2.05, 4.69) is 32.7 Å². The van der Waals surface area contributed by atoms with Gasteiger partial charge in [-0.15, -0.1) is 0 Å². The predicted octanol–water partition coefficient (Wildman–Crippen LogP) is 1.52. The summed E-state index contributed by atoms with van der Waals surface area (Å²) in [6, 6.07) is 0. The lowest BCUT2D eigenvalue weighted by atomic mass is 9.79. The van der Waals surface area contributed by atoms with Gasteiger partial charge in [0.05, 0.1) is 0 Å². The molecular formula is C7H13N. The molecule has 8 heavy (non-hydrogen) atoms. The van der Waals surface area contributed by atoms with E-state index >= 15 is 0 Å². The fourth-order valence-corrected chi connectivity index (χ4v) is 0.988. The number of rotatable bonds is 0. The zero-order valence-electron chi connectivity index (χ0n) is 5.78. The van der Waals surface area contributed by atoms with Crippen molar-refractivity contribution < 1.29 is 0 Å². The molecule has 0 aromatic rings. The highest BCUT2D eigenvalue weighted by Gasteiger charge is 2.37. The summed E-state index contributed by atoms with van der Waals surface area (Å²) in [7, 11) is 0. The molecule has 1 aliphatic heterocycles. The molecule has 1 heteroatoms. The lowest BCUT2D eigenvalue weighted by Gasteiger charge is -2.46. The van der Waals surface area contributed by atoms with Crippen molar-refractivity contribution in [3.63, 3.8) is 0 Å². The van der Waals surface area contributed by atoms with E-state index in [0.29, 0.717) is 11.5 Å². The van der Waals surface area contributed by atoms with E-state index in [0.717, 1.165) is 0 Å². The van der Waals surface area contributed by atoms with Gasteiger partial charge in [0.1, 0.15) is 0 Å². The Labute approximate surface area is 50.8 Å². The third-order valence-electron chi connectivity index (χ3n) is 2.09. The quantitative estimate of drug-likeness (QED) is 0.499. The average Bonchev–Trinajstić information content (AvgIpc) is 1.65. The van der Waals surface area contributed by atoms with Gasteiger partial charge in [0.25, 0.3) is 0 Å². The lowest BCUT2D eigenvalue weighted by molar-refractivity contribution is 0.221. The number of hydrogen-bond acceptors (Lipinski definition) is 1. The smallest absolute Gasteiger partial charge is 0.0394 e. The molecule has 0 aromatic carbocycles. The maximum Gasteiger partial charge on any atom is 0.0394 e. The molecule has 0 aromatic heterocycles. The first-order valence-corrected chi connectivity index (χ1v) is 3.01. The van der Waals surface area contributed by atoms with Crippen molar-refractivity contribution in [2.24, 2.45) is 5.92 Å². The molecule has 1 N–H and O–H groups in total. The topological polar surface area (TPSA) is 12.0 Å². The van der Waals surface area contributed by atoms with Crippen LogP contribution in [0.1, 0.15) is 20.8 Å². The highest BCUT2D eigenvalue weighted by atomic mass is 15.1. The molecule has 1 aliphatic rings. The Hall–Kier alpha value is -0.460. The zero-order chi connectivity index (χ0) is 6.36. The lowest BCUT2D eigenvalue weighted by Crippen LogP contribution is -2.57. The maximum absolute atomic E-state index is 3.83. The molecule has 1 fully saturated rings. The molecule has 0 amide bonds. The van der Waals surface area contributed by atoms with Gasteiger partial charge in [0.15, 0.2) is 0 Å². The van der Waals surface area contributed by atoms with E-state index in [1.165, 1.54) is 5.70 Å². The van der Waals surface area contributed by atoms with Crippen LogP contribution in [-0.2, 0) is 0 Å². The van der Waals surface area contributed by atoms with Crippen molar-refractivity contribution in [2.75, 3.05) is 0 Å². The summed E-state index contributed by atoms with van der Waals surface area (Å²) in [6.07, 6.45) is 0. The van der Waals surface area contributed by atoms with Crippen LogP contribution in [0.4, 0.5) is 0 Å². The minimum absolute atomic E-state index is 0.303. The van der Waals surface area contributed by atoms with Crippen LogP contribution in [-0.4, -0.2) is 5.54 Å². The van der Waals surface area contributed by atoms with Crippen molar-refractivity contribution in [1.29, 1.82) is 0 Å². The van der Waals surface area contributed by atoms with Gasteiger partial charge >= 0.3 is 0 Å². The van der Waals surface area contributed by atoms with Crippen LogP contribution in [0.5, 0.6) is 0 Å². The minimum Gasteiger partial charge on any atom is -0.383 e. The van der Waals surface area contributed by atoms with E-state index in [1.54, 1.807) is 0 Å². The normalized spacial score (nSPS) is 33.4. The Morgan fingerprint density at radius 3 is 2.12 bits per heavy atom. The molecule has 1 heterocycles. The van der Waals surface area contributed by atoms with E-state index in [1.807, 2.05) is 0 Å². The molecule has 0 saturated carbocycles. The first kappa shape index (κ1) is 5.67. The predicted molar refractivity (Wildman–Crippen MR) is 35.5 cm³/mol. The molecule has 1 saturated heterocycles. The van der Waals surface area contributed by atoms with Crippen LogP contribution < -0.4 is 5.32 Å². The highest BCUT2D eigenvalue weighted by Crippen LogP contribution is 2.31. The third kappa shape index (κ3) is 0.540. The average molecular weight is 111 g/mol. The molecule has 0 unspecified atom stereocenters. The molecule has 0 bridgehead atoms. The van der Waals surface area contributed by atoms with Crippen LogP contribution >= 0.6 is 0 Å². The van der Waals surface area contributed by atoms with Gasteiger partial charge in [-0.3, -0.25) is 0 Å². The second kappa shape index (κ2) is 1.28. The number of hydrogen-bond donors (Lipinski definition) is 1. The van der Waals surface area contributed by atoms with Crippen molar-refractivity contribution in [1.82, 2.24) is 5.32 Å². The summed E-state index contributed by atoms with van der Waals surface area (Å²) >= 11 is 0. The molecule has 46 valence electrons. The van der Waals surface area contributed by atoms with Gasteiger partial charge in [0, 0.05) is 17.2 Å². The second-order valence-electron chi connectivity index (χ2n) is 3.09. The van der Waals surface area contributed by atoms with E-state index < -0.39 is 0 Å². The van der Waals surface area contributed by atoms with E-state index in [-0.39, 0.29) is 0 Å². The first-order valence-electron chi connectivity index (χ1n) is 3.01. The molecular weight excluding hydrogens is 98.1 g/mol. The summed E-state index contributed by atoms with van der Waals surface area (Å²) in [5, 5.41) is 3.24. The Bertz CT molecular complexity index is 124. The Kier molecular flexibility index (Phi) is 0.905. The standard InChI is InChI=1S/C7H13N/c1-5-6(2)8-7(5,3)4/h5,8H,2H2,1,3-4H3/t5-/m1/s1. The first-order chi connectivity index (χ1) is 3.54. The Balaban J connectivity index is 2.60.